The van der Waals surface area contributed by atoms with E-state index in [2.05, 4.69) is 16.1 Å². The Kier molecular flexibility index (Phi) is 2.33. The van der Waals surface area contributed by atoms with Crippen molar-refractivity contribution in [2.75, 3.05) is 19.8 Å². The highest BCUT2D eigenvalue weighted by molar-refractivity contribution is 5.96. The fourth-order valence-electron chi connectivity index (χ4n) is 1.94. The van der Waals surface area contributed by atoms with E-state index in [1.165, 1.54) is 6.40 Å². The minimum Gasteiger partial charge on any atom is -0.481 e. The molecule has 0 amide bonds. The predicted octanol–water partition coefficient (Wildman–Crippen LogP) is 1.56. The zero-order valence-electron chi connectivity index (χ0n) is 8.80. The van der Waals surface area contributed by atoms with Crippen LogP contribution in [-0.2, 0) is 9.47 Å². The SMILES string of the molecule is C1=NC(c2ccccc2C2=NCCO2)CO1. The van der Waals surface area contributed by atoms with Gasteiger partial charge in [0.2, 0.25) is 5.90 Å². The highest BCUT2D eigenvalue weighted by Crippen LogP contribution is 2.25. The molecule has 3 rings (SSSR count). The zero-order chi connectivity index (χ0) is 10.8. The fraction of sp³-hybridized carbons (Fsp3) is 0.333. The first-order valence-corrected chi connectivity index (χ1v) is 5.35. The van der Waals surface area contributed by atoms with Gasteiger partial charge < -0.3 is 9.47 Å². The number of hydrogen-bond acceptors (Lipinski definition) is 4. The summed E-state index contributed by atoms with van der Waals surface area (Å²) < 4.78 is 10.7. The minimum atomic E-state index is 0.0723. The second-order valence-corrected chi connectivity index (χ2v) is 3.73. The van der Waals surface area contributed by atoms with Gasteiger partial charge in [-0.05, 0) is 11.6 Å². The van der Waals surface area contributed by atoms with E-state index in [0.717, 1.165) is 23.6 Å². The Bertz CT molecular complexity index is 454. The van der Waals surface area contributed by atoms with Crippen molar-refractivity contribution in [3.05, 3.63) is 35.4 Å². The average Bonchev–Trinajstić information content (AvgIpc) is 3.03. The molecule has 4 nitrogen and oxygen atoms in total. The van der Waals surface area contributed by atoms with E-state index in [1.54, 1.807) is 0 Å². The molecule has 0 saturated heterocycles. The molecule has 2 aliphatic heterocycles. The van der Waals surface area contributed by atoms with E-state index in [9.17, 15) is 0 Å². The van der Waals surface area contributed by atoms with Crippen LogP contribution < -0.4 is 0 Å². The van der Waals surface area contributed by atoms with Crippen LogP contribution in [0.25, 0.3) is 0 Å². The van der Waals surface area contributed by atoms with Gasteiger partial charge in [-0.3, -0.25) is 0 Å². The van der Waals surface area contributed by atoms with Crippen LogP contribution in [-0.4, -0.2) is 32.1 Å². The number of aliphatic imine (C=N–C) groups is 2. The van der Waals surface area contributed by atoms with Crippen LogP contribution >= 0.6 is 0 Å². The molecule has 0 saturated carbocycles. The summed E-state index contributed by atoms with van der Waals surface area (Å²) in [5, 5.41) is 0. The van der Waals surface area contributed by atoms with E-state index < -0.39 is 0 Å². The van der Waals surface area contributed by atoms with Crippen LogP contribution in [0.2, 0.25) is 0 Å². The highest BCUT2D eigenvalue weighted by atomic mass is 16.5. The maximum absolute atomic E-state index is 5.50. The summed E-state index contributed by atoms with van der Waals surface area (Å²) in [7, 11) is 0. The average molecular weight is 216 g/mol. The Hall–Kier alpha value is -1.84. The lowest BCUT2D eigenvalue weighted by Gasteiger charge is -2.11. The van der Waals surface area contributed by atoms with Gasteiger partial charge in [0.15, 0.2) is 6.40 Å². The van der Waals surface area contributed by atoms with E-state index in [4.69, 9.17) is 9.47 Å². The third-order valence-corrected chi connectivity index (χ3v) is 2.71. The summed E-state index contributed by atoms with van der Waals surface area (Å²) in [5.74, 6) is 0.734. The lowest BCUT2D eigenvalue weighted by atomic mass is 10.0. The molecule has 0 spiro atoms. The van der Waals surface area contributed by atoms with Crippen LogP contribution in [0.3, 0.4) is 0 Å². The third kappa shape index (κ3) is 1.56. The normalized spacial score (nSPS) is 22.8. The van der Waals surface area contributed by atoms with Crippen molar-refractivity contribution in [1.82, 2.24) is 0 Å². The standard InChI is InChI=1S/C12H12N2O2/c1-2-4-10(12-13-5-6-16-12)9(3-1)11-7-15-8-14-11/h1-4,8,11H,5-7H2. The smallest absolute Gasteiger partial charge is 0.216 e. The van der Waals surface area contributed by atoms with Gasteiger partial charge in [-0.2, -0.15) is 0 Å². The number of hydrogen-bond donors (Lipinski definition) is 0. The Morgan fingerprint density at radius 1 is 1.25 bits per heavy atom. The van der Waals surface area contributed by atoms with E-state index in [-0.39, 0.29) is 6.04 Å². The summed E-state index contributed by atoms with van der Waals surface area (Å²) in [4.78, 5) is 8.62. The molecule has 16 heavy (non-hydrogen) atoms. The van der Waals surface area contributed by atoms with Crippen molar-refractivity contribution in [3.63, 3.8) is 0 Å². The minimum absolute atomic E-state index is 0.0723. The monoisotopic (exact) mass is 216 g/mol. The van der Waals surface area contributed by atoms with Crippen LogP contribution in [0.5, 0.6) is 0 Å². The van der Waals surface area contributed by atoms with Crippen molar-refractivity contribution >= 4 is 12.3 Å². The molecular formula is C12H12N2O2. The molecule has 2 heterocycles. The molecule has 1 unspecified atom stereocenters. The lowest BCUT2D eigenvalue weighted by molar-refractivity contribution is 0.329. The van der Waals surface area contributed by atoms with Crippen molar-refractivity contribution in [3.8, 4) is 0 Å². The Balaban J connectivity index is 2.00. The van der Waals surface area contributed by atoms with Gasteiger partial charge in [0.1, 0.15) is 19.3 Å². The summed E-state index contributed by atoms with van der Waals surface area (Å²) in [5.41, 5.74) is 2.16. The predicted molar refractivity (Wildman–Crippen MR) is 61.0 cm³/mol. The molecule has 82 valence electrons. The van der Waals surface area contributed by atoms with Gasteiger partial charge in [-0.15, -0.1) is 0 Å². The second-order valence-electron chi connectivity index (χ2n) is 3.73. The van der Waals surface area contributed by atoms with E-state index >= 15 is 0 Å². The molecule has 1 aromatic rings. The number of rotatable bonds is 2. The summed E-state index contributed by atoms with van der Waals surface area (Å²) in [6.07, 6.45) is 1.51. The van der Waals surface area contributed by atoms with Gasteiger partial charge in [-0.1, -0.05) is 18.2 Å². The fourth-order valence-corrected chi connectivity index (χ4v) is 1.94. The molecule has 0 bridgehead atoms. The molecule has 1 atom stereocenters. The summed E-state index contributed by atoms with van der Waals surface area (Å²) in [6.45, 7) is 2.02. The Labute approximate surface area is 93.6 Å². The van der Waals surface area contributed by atoms with Crippen LogP contribution in [0.4, 0.5) is 0 Å². The van der Waals surface area contributed by atoms with Crippen molar-refractivity contribution in [1.29, 1.82) is 0 Å². The lowest BCUT2D eigenvalue weighted by Crippen LogP contribution is -2.09. The molecular weight excluding hydrogens is 204 g/mol. The Morgan fingerprint density at radius 2 is 2.19 bits per heavy atom. The van der Waals surface area contributed by atoms with E-state index in [1.807, 2.05) is 18.2 Å². The van der Waals surface area contributed by atoms with Gasteiger partial charge in [0.05, 0.1) is 6.54 Å². The molecule has 0 radical (unpaired) electrons. The maximum Gasteiger partial charge on any atom is 0.216 e. The molecule has 0 aromatic heterocycles. The highest BCUT2D eigenvalue weighted by Gasteiger charge is 2.21. The van der Waals surface area contributed by atoms with Crippen molar-refractivity contribution < 1.29 is 9.47 Å². The van der Waals surface area contributed by atoms with Gasteiger partial charge in [0.25, 0.3) is 0 Å². The number of benzene rings is 1. The topological polar surface area (TPSA) is 43.2 Å². The molecule has 2 aliphatic rings. The Morgan fingerprint density at radius 3 is 2.94 bits per heavy atom. The second kappa shape index (κ2) is 3.96. The van der Waals surface area contributed by atoms with Gasteiger partial charge >= 0.3 is 0 Å². The number of ether oxygens (including phenoxy) is 2. The first-order valence-electron chi connectivity index (χ1n) is 5.35. The first-order chi connectivity index (χ1) is 7.95. The number of nitrogens with zero attached hydrogens (tertiary/aromatic N) is 2. The third-order valence-electron chi connectivity index (χ3n) is 2.71. The maximum atomic E-state index is 5.50. The zero-order valence-corrected chi connectivity index (χ0v) is 8.80. The van der Waals surface area contributed by atoms with Gasteiger partial charge in [0, 0.05) is 5.56 Å². The molecule has 4 heteroatoms. The summed E-state index contributed by atoms with van der Waals surface area (Å²) >= 11 is 0. The van der Waals surface area contributed by atoms with Crippen LogP contribution in [0.1, 0.15) is 17.2 Å². The molecule has 0 N–H and O–H groups in total. The van der Waals surface area contributed by atoms with E-state index in [0.29, 0.717) is 13.2 Å². The molecule has 0 fully saturated rings. The first kappa shape index (κ1) is 9.39. The van der Waals surface area contributed by atoms with Crippen LogP contribution in [0.15, 0.2) is 34.3 Å². The van der Waals surface area contributed by atoms with Crippen molar-refractivity contribution in [2.24, 2.45) is 9.98 Å². The molecule has 1 aromatic carbocycles. The quantitative estimate of drug-likeness (QED) is 0.753. The molecule has 0 aliphatic carbocycles. The van der Waals surface area contributed by atoms with Gasteiger partial charge in [-0.25, -0.2) is 9.98 Å². The van der Waals surface area contributed by atoms with Crippen LogP contribution in [0, 0.1) is 0 Å². The van der Waals surface area contributed by atoms with Crippen molar-refractivity contribution in [2.45, 2.75) is 6.04 Å². The largest absolute Gasteiger partial charge is 0.481 e. The summed E-state index contributed by atoms with van der Waals surface area (Å²) in [6, 6.07) is 8.14.